The van der Waals surface area contributed by atoms with Crippen molar-refractivity contribution in [3.63, 3.8) is 0 Å². The maximum Gasteiger partial charge on any atom is 0.314 e. The van der Waals surface area contributed by atoms with Crippen molar-refractivity contribution in [1.82, 2.24) is 9.97 Å². The first kappa shape index (κ1) is 10.2. The molecule has 84 valence electrons. The number of hydrogen-bond acceptors (Lipinski definition) is 4. The maximum absolute atomic E-state index is 11.2. The van der Waals surface area contributed by atoms with Crippen molar-refractivity contribution in [1.29, 1.82) is 0 Å². The molecule has 0 fully saturated rings. The van der Waals surface area contributed by atoms with E-state index in [1.807, 2.05) is 6.07 Å². The van der Waals surface area contributed by atoms with Crippen molar-refractivity contribution in [2.24, 2.45) is 0 Å². The number of aldehydes is 1. The highest BCUT2D eigenvalue weighted by Gasteiger charge is 2.30. The van der Waals surface area contributed by atoms with E-state index >= 15 is 0 Å². The molecule has 1 aliphatic carbocycles. The summed E-state index contributed by atoms with van der Waals surface area (Å²) in [6.07, 6.45) is 2.32. The van der Waals surface area contributed by atoms with Crippen LogP contribution in [-0.2, 0) is 4.79 Å². The Morgan fingerprint density at radius 1 is 1.35 bits per heavy atom. The standard InChI is InChI=1S/C12H7ClN2O2/c13-6-1-2-7-8(3-6)10(5-16)11-9(7)4-14-12(17)15-11/h1-5,10H,(H,14,15,17). The van der Waals surface area contributed by atoms with Crippen molar-refractivity contribution < 1.29 is 9.90 Å². The molecule has 1 N–H and O–H groups in total. The third-order valence-electron chi connectivity index (χ3n) is 2.88. The first-order valence-corrected chi connectivity index (χ1v) is 5.39. The molecule has 1 heterocycles. The van der Waals surface area contributed by atoms with Gasteiger partial charge in [0.15, 0.2) is 0 Å². The summed E-state index contributed by atoms with van der Waals surface area (Å²) >= 11 is 5.92. The number of aromatic hydroxyl groups is 1. The van der Waals surface area contributed by atoms with Crippen LogP contribution in [0.25, 0.3) is 11.1 Å². The van der Waals surface area contributed by atoms with Crippen LogP contribution >= 0.6 is 11.6 Å². The van der Waals surface area contributed by atoms with Crippen molar-refractivity contribution in [3.8, 4) is 17.1 Å². The van der Waals surface area contributed by atoms with Gasteiger partial charge in [0.1, 0.15) is 6.29 Å². The monoisotopic (exact) mass is 246 g/mol. The Hall–Kier alpha value is -1.94. The Morgan fingerprint density at radius 2 is 2.18 bits per heavy atom. The second-order valence-corrected chi connectivity index (χ2v) is 4.25. The molecule has 5 heteroatoms. The molecule has 0 saturated heterocycles. The minimum absolute atomic E-state index is 0.325. The van der Waals surface area contributed by atoms with E-state index in [0.717, 1.165) is 23.0 Å². The number of benzene rings is 1. The highest BCUT2D eigenvalue weighted by atomic mass is 35.5. The summed E-state index contributed by atoms with van der Waals surface area (Å²) in [6.45, 7) is 0. The van der Waals surface area contributed by atoms with Crippen LogP contribution in [0.1, 0.15) is 17.2 Å². The van der Waals surface area contributed by atoms with Gasteiger partial charge >= 0.3 is 6.01 Å². The van der Waals surface area contributed by atoms with Crippen LogP contribution < -0.4 is 0 Å². The molecule has 0 spiro atoms. The number of nitrogens with zero attached hydrogens (tertiary/aromatic N) is 2. The molecule has 1 unspecified atom stereocenters. The Kier molecular flexibility index (Phi) is 2.12. The van der Waals surface area contributed by atoms with Gasteiger partial charge < -0.3 is 9.90 Å². The van der Waals surface area contributed by atoms with Gasteiger partial charge in [-0.15, -0.1) is 0 Å². The van der Waals surface area contributed by atoms with Gasteiger partial charge in [-0.1, -0.05) is 17.7 Å². The van der Waals surface area contributed by atoms with E-state index < -0.39 is 5.92 Å². The predicted molar refractivity (Wildman–Crippen MR) is 62.0 cm³/mol. The van der Waals surface area contributed by atoms with E-state index in [9.17, 15) is 9.90 Å². The van der Waals surface area contributed by atoms with Gasteiger partial charge in [0.2, 0.25) is 0 Å². The number of aromatic nitrogens is 2. The lowest BCUT2D eigenvalue weighted by molar-refractivity contribution is -0.108. The third-order valence-corrected chi connectivity index (χ3v) is 3.11. The van der Waals surface area contributed by atoms with Crippen LogP contribution in [0.15, 0.2) is 24.4 Å². The summed E-state index contributed by atoms with van der Waals surface area (Å²) < 4.78 is 0. The van der Waals surface area contributed by atoms with Crippen LogP contribution in [0.2, 0.25) is 5.02 Å². The summed E-state index contributed by atoms with van der Waals surface area (Å²) in [5.41, 5.74) is 3.00. The molecular formula is C12H7ClN2O2. The van der Waals surface area contributed by atoms with Crippen LogP contribution in [0, 0.1) is 0 Å². The number of carbonyl (C=O) groups excluding carboxylic acids is 1. The van der Waals surface area contributed by atoms with Gasteiger partial charge in [-0.2, -0.15) is 4.98 Å². The minimum atomic E-state index is -0.479. The largest absolute Gasteiger partial charge is 0.479 e. The predicted octanol–water partition coefficient (Wildman–Crippen LogP) is 2.15. The number of carbonyl (C=O) groups is 1. The SMILES string of the molecule is O=CC1c2cc(Cl)ccc2-c2cnc(O)nc21. The highest BCUT2D eigenvalue weighted by molar-refractivity contribution is 6.30. The minimum Gasteiger partial charge on any atom is -0.479 e. The molecule has 4 nitrogen and oxygen atoms in total. The van der Waals surface area contributed by atoms with E-state index in [1.165, 1.54) is 6.20 Å². The number of rotatable bonds is 1. The zero-order valence-corrected chi connectivity index (χ0v) is 9.35. The molecule has 0 amide bonds. The summed E-state index contributed by atoms with van der Waals surface area (Å²) in [4.78, 5) is 18.8. The zero-order chi connectivity index (χ0) is 12.0. The molecule has 3 rings (SSSR count). The fourth-order valence-corrected chi connectivity index (χ4v) is 2.33. The fraction of sp³-hybridized carbons (Fsp3) is 0.0833. The molecule has 1 atom stereocenters. The van der Waals surface area contributed by atoms with E-state index in [1.54, 1.807) is 12.1 Å². The first-order chi connectivity index (χ1) is 8.20. The Morgan fingerprint density at radius 3 is 2.94 bits per heavy atom. The summed E-state index contributed by atoms with van der Waals surface area (Å²) in [5.74, 6) is -0.479. The summed E-state index contributed by atoms with van der Waals surface area (Å²) in [6, 6.07) is 5.01. The van der Waals surface area contributed by atoms with E-state index in [2.05, 4.69) is 9.97 Å². The summed E-state index contributed by atoms with van der Waals surface area (Å²) in [5, 5.41) is 9.85. The van der Waals surface area contributed by atoms with Crippen LogP contribution in [-0.4, -0.2) is 21.4 Å². The molecule has 0 aliphatic heterocycles. The molecule has 1 aromatic carbocycles. The second kappa shape index (κ2) is 3.53. The van der Waals surface area contributed by atoms with Gasteiger partial charge in [-0.05, 0) is 23.3 Å². The zero-order valence-electron chi connectivity index (χ0n) is 8.59. The number of halogens is 1. The van der Waals surface area contributed by atoms with Crippen molar-refractivity contribution in [2.75, 3.05) is 0 Å². The van der Waals surface area contributed by atoms with Crippen molar-refractivity contribution in [2.45, 2.75) is 5.92 Å². The third kappa shape index (κ3) is 1.41. The van der Waals surface area contributed by atoms with E-state index in [4.69, 9.17) is 11.6 Å². The lowest BCUT2D eigenvalue weighted by Crippen LogP contribution is -2.00. The summed E-state index contributed by atoms with van der Waals surface area (Å²) in [7, 11) is 0. The molecule has 0 saturated carbocycles. The number of fused-ring (bicyclic) bond motifs is 3. The molecule has 0 bridgehead atoms. The Labute approximate surface area is 102 Å². The Balaban J connectivity index is 2.32. The van der Waals surface area contributed by atoms with Gasteiger partial charge in [0, 0.05) is 16.8 Å². The average molecular weight is 247 g/mol. The van der Waals surface area contributed by atoms with E-state index in [-0.39, 0.29) is 6.01 Å². The van der Waals surface area contributed by atoms with Crippen LogP contribution in [0.5, 0.6) is 6.01 Å². The van der Waals surface area contributed by atoms with Crippen molar-refractivity contribution >= 4 is 17.9 Å². The molecule has 1 aliphatic rings. The smallest absolute Gasteiger partial charge is 0.314 e. The molecule has 1 aromatic heterocycles. The van der Waals surface area contributed by atoms with Crippen molar-refractivity contribution in [3.05, 3.63) is 40.7 Å². The highest BCUT2D eigenvalue weighted by Crippen LogP contribution is 2.43. The van der Waals surface area contributed by atoms with E-state index in [0.29, 0.717) is 10.7 Å². The van der Waals surface area contributed by atoms with Gasteiger partial charge in [0.25, 0.3) is 0 Å². The maximum atomic E-state index is 11.2. The second-order valence-electron chi connectivity index (χ2n) is 3.81. The average Bonchev–Trinajstić information content (AvgIpc) is 2.60. The topological polar surface area (TPSA) is 63.1 Å². The number of hydrogen-bond donors (Lipinski definition) is 1. The van der Waals surface area contributed by atoms with Gasteiger partial charge in [-0.3, -0.25) is 0 Å². The quantitative estimate of drug-likeness (QED) is 0.783. The van der Waals surface area contributed by atoms with Gasteiger partial charge in [-0.25, -0.2) is 4.98 Å². The lowest BCUT2D eigenvalue weighted by atomic mass is 10.0. The first-order valence-electron chi connectivity index (χ1n) is 5.01. The normalized spacial score (nSPS) is 16.4. The van der Waals surface area contributed by atoms with Crippen LogP contribution in [0.4, 0.5) is 0 Å². The lowest BCUT2D eigenvalue weighted by Gasteiger charge is -2.03. The Bertz CT molecular complexity index is 576. The molecule has 17 heavy (non-hydrogen) atoms. The fourth-order valence-electron chi connectivity index (χ4n) is 2.15. The van der Waals surface area contributed by atoms with Crippen LogP contribution in [0.3, 0.4) is 0 Å². The molecule has 0 radical (unpaired) electrons. The molecule has 2 aromatic rings. The van der Waals surface area contributed by atoms with Gasteiger partial charge in [0.05, 0.1) is 11.6 Å². The molecular weight excluding hydrogens is 240 g/mol.